The van der Waals surface area contributed by atoms with Gasteiger partial charge in [-0.05, 0) is 70.0 Å². The molecule has 1 unspecified atom stereocenters. The summed E-state index contributed by atoms with van der Waals surface area (Å²) in [5.74, 6) is 1.97. The highest BCUT2D eigenvalue weighted by Crippen LogP contribution is 2.23. The van der Waals surface area contributed by atoms with Crippen molar-refractivity contribution < 1.29 is 14.3 Å². The van der Waals surface area contributed by atoms with Crippen LogP contribution < -0.4 is 14.8 Å². The molecule has 2 aromatic rings. The summed E-state index contributed by atoms with van der Waals surface area (Å²) in [5, 5.41) is 2.95. The molecule has 0 saturated carbocycles. The number of amides is 1. The van der Waals surface area contributed by atoms with Crippen molar-refractivity contribution in [1.82, 2.24) is 10.2 Å². The van der Waals surface area contributed by atoms with Crippen LogP contribution in [0.2, 0.25) is 0 Å². The lowest BCUT2D eigenvalue weighted by molar-refractivity contribution is 0.0932. The fourth-order valence-electron chi connectivity index (χ4n) is 3.87. The number of carbonyl (C=O) groups excluding carboxylic acids is 1. The summed E-state index contributed by atoms with van der Waals surface area (Å²) in [5.41, 5.74) is 1.91. The number of piperidine rings is 1. The number of hydrogen-bond donors (Lipinski definition) is 1. The molecule has 1 fully saturated rings. The number of rotatable bonds is 9. The quantitative estimate of drug-likeness (QED) is 0.661. The first-order valence-electron chi connectivity index (χ1n) is 11.0. The van der Waals surface area contributed by atoms with Gasteiger partial charge in [-0.15, -0.1) is 0 Å². The number of likely N-dealkylation sites (tertiary alicyclic amines) is 1. The third kappa shape index (κ3) is 6.49. The second-order valence-electron chi connectivity index (χ2n) is 8.26. The zero-order valence-electron chi connectivity index (χ0n) is 18.4. The van der Waals surface area contributed by atoms with Gasteiger partial charge in [-0.3, -0.25) is 9.69 Å². The van der Waals surface area contributed by atoms with E-state index in [9.17, 15) is 4.79 Å². The highest BCUT2D eigenvalue weighted by Gasteiger charge is 2.21. The Labute approximate surface area is 180 Å². The predicted octanol–water partition coefficient (Wildman–Crippen LogP) is 4.51. The van der Waals surface area contributed by atoms with E-state index in [-0.39, 0.29) is 11.9 Å². The van der Waals surface area contributed by atoms with Crippen molar-refractivity contribution in [2.45, 2.75) is 46.2 Å². The normalized spacial score (nSPS) is 17.0. The SMILES string of the molecule is CCOc1ccc(CN2CCCC(COc3ccccc3C(=O)NC(C)C)C2)cc1. The smallest absolute Gasteiger partial charge is 0.255 e. The van der Waals surface area contributed by atoms with Crippen molar-refractivity contribution in [1.29, 1.82) is 0 Å². The number of carbonyl (C=O) groups is 1. The first-order valence-corrected chi connectivity index (χ1v) is 11.0. The molecule has 1 aliphatic rings. The molecule has 0 bridgehead atoms. The summed E-state index contributed by atoms with van der Waals surface area (Å²) >= 11 is 0. The minimum Gasteiger partial charge on any atom is -0.494 e. The minimum atomic E-state index is -0.0821. The zero-order valence-corrected chi connectivity index (χ0v) is 18.4. The monoisotopic (exact) mass is 410 g/mol. The Morgan fingerprint density at radius 1 is 1.13 bits per heavy atom. The number of nitrogens with zero attached hydrogens (tertiary/aromatic N) is 1. The molecule has 0 spiro atoms. The Balaban J connectivity index is 1.54. The molecule has 5 heteroatoms. The van der Waals surface area contributed by atoms with Crippen molar-refractivity contribution in [3.63, 3.8) is 0 Å². The Kier molecular flexibility index (Phi) is 8.14. The summed E-state index contributed by atoms with van der Waals surface area (Å²) < 4.78 is 11.6. The zero-order chi connectivity index (χ0) is 21.3. The third-order valence-electron chi connectivity index (χ3n) is 5.27. The number of nitrogens with one attached hydrogen (secondary N) is 1. The second-order valence-corrected chi connectivity index (χ2v) is 8.26. The third-order valence-corrected chi connectivity index (χ3v) is 5.27. The molecule has 162 valence electrons. The molecule has 1 atom stereocenters. The number of benzene rings is 2. The van der Waals surface area contributed by atoms with Gasteiger partial charge in [-0.1, -0.05) is 24.3 Å². The standard InChI is InChI=1S/C25H34N2O3/c1-4-29-22-13-11-20(12-14-22)16-27-15-7-8-21(17-27)18-30-24-10-6-5-9-23(24)25(28)26-19(2)3/h5-6,9-14,19,21H,4,7-8,15-18H2,1-3H3,(H,26,28). The lowest BCUT2D eigenvalue weighted by Gasteiger charge is -2.32. The maximum Gasteiger partial charge on any atom is 0.255 e. The lowest BCUT2D eigenvalue weighted by Crippen LogP contribution is -2.37. The van der Waals surface area contributed by atoms with E-state index in [2.05, 4.69) is 22.3 Å². The van der Waals surface area contributed by atoms with E-state index in [4.69, 9.17) is 9.47 Å². The van der Waals surface area contributed by atoms with Gasteiger partial charge in [0.25, 0.3) is 5.91 Å². The summed E-state index contributed by atoms with van der Waals surface area (Å²) in [4.78, 5) is 14.9. The van der Waals surface area contributed by atoms with Crippen LogP contribution in [-0.2, 0) is 6.54 Å². The van der Waals surface area contributed by atoms with E-state index >= 15 is 0 Å². The van der Waals surface area contributed by atoms with Crippen LogP contribution >= 0.6 is 0 Å². The average Bonchev–Trinajstić information content (AvgIpc) is 2.74. The van der Waals surface area contributed by atoms with Gasteiger partial charge in [0.1, 0.15) is 11.5 Å². The Hall–Kier alpha value is -2.53. The van der Waals surface area contributed by atoms with Crippen LogP contribution in [0.5, 0.6) is 11.5 Å². The molecule has 2 aromatic carbocycles. The molecular formula is C25H34N2O3. The van der Waals surface area contributed by atoms with Crippen LogP contribution in [0.4, 0.5) is 0 Å². The first kappa shape index (κ1) is 22.2. The Morgan fingerprint density at radius 2 is 1.90 bits per heavy atom. The molecule has 1 heterocycles. The predicted molar refractivity (Wildman–Crippen MR) is 120 cm³/mol. The van der Waals surface area contributed by atoms with Crippen LogP contribution in [0.25, 0.3) is 0 Å². The first-order chi connectivity index (χ1) is 14.5. The topological polar surface area (TPSA) is 50.8 Å². The maximum absolute atomic E-state index is 12.4. The molecule has 30 heavy (non-hydrogen) atoms. The van der Waals surface area contributed by atoms with E-state index in [1.54, 1.807) is 0 Å². The summed E-state index contributed by atoms with van der Waals surface area (Å²) in [6.07, 6.45) is 2.32. The maximum atomic E-state index is 12.4. The summed E-state index contributed by atoms with van der Waals surface area (Å²) in [7, 11) is 0. The number of hydrogen-bond acceptors (Lipinski definition) is 4. The fraction of sp³-hybridized carbons (Fsp3) is 0.480. The highest BCUT2D eigenvalue weighted by atomic mass is 16.5. The minimum absolute atomic E-state index is 0.0821. The van der Waals surface area contributed by atoms with Crippen molar-refractivity contribution in [3.8, 4) is 11.5 Å². The molecule has 1 N–H and O–H groups in total. The van der Waals surface area contributed by atoms with Gasteiger partial charge in [0.15, 0.2) is 0 Å². The van der Waals surface area contributed by atoms with Crippen LogP contribution in [0, 0.1) is 5.92 Å². The van der Waals surface area contributed by atoms with Crippen molar-refractivity contribution in [2.24, 2.45) is 5.92 Å². The molecule has 0 aromatic heterocycles. The van der Waals surface area contributed by atoms with E-state index in [0.29, 0.717) is 30.4 Å². The van der Waals surface area contributed by atoms with E-state index in [1.165, 1.54) is 12.0 Å². The molecule has 5 nitrogen and oxygen atoms in total. The van der Waals surface area contributed by atoms with Crippen molar-refractivity contribution in [3.05, 3.63) is 59.7 Å². The highest BCUT2D eigenvalue weighted by molar-refractivity contribution is 5.97. The summed E-state index contributed by atoms with van der Waals surface area (Å²) in [6, 6.07) is 16.0. The van der Waals surface area contributed by atoms with E-state index < -0.39 is 0 Å². The van der Waals surface area contributed by atoms with E-state index in [0.717, 1.165) is 31.8 Å². The number of para-hydroxylation sites is 1. The van der Waals surface area contributed by atoms with Crippen LogP contribution in [0.1, 0.15) is 49.5 Å². The molecule has 3 rings (SSSR count). The van der Waals surface area contributed by atoms with Gasteiger partial charge in [0.05, 0.1) is 18.8 Å². The largest absolute Gasteiger partial charge is 0.494 e. The van der Waals surface area contributed by atoms with Crippen LogP contribution in [0.15, 0.2) is 48.5 Å². The van der Waals surface area contributed by atoms with Gasteiger partial charge in [0, 0.05) is 25.0 Å². The van der Waals surface area contributed by atoms with Gasteiger partial charge >= 0.3 is 0 Å². The molecule has 1 saturated heterocycles. The number of ether oxygens (including phenoxy) is 2. The molecule has 1 amide bonds. The molecule has 0 radical (unpaired) electrons. The van der Waals surface area contributed by atoms with Crippen molar-refractivity contribution in [2.75, 3.05) is 26.3 Å². The molecule has 0 aliphatic carbocycles. The molecule has 1 aliphatic heterocycles. The van der Waals surface area contributed by atoms with Crippen molar-refractivity contribution >= 4 is 5.91 Å². The van der Waals surface area contributed by atoms with Gasteiger partial charge in [0.2, 0.25) is 0 Å². The van der Waals surface area contributed by atoms with E-state index in [1.807, 2.05) is 57.2 Å². The lowest BCUT2D eigenvalue weighted by atomic mass is 9.98. The van der Waals surface area contributed by atoms with Gasteiger partial charge in [-0.2, -0.15) is 0 Å². The Morgan fingerprint density at radius 3 is 2.63 bits per heavy atom. The molecular weight excluding hydrogens is 376 g/mol. The fourth-order valence-corrected chi connectivity index (χ4v) is 3.87. The van der Waals surface area contributed by atoms with Gasteiger partial charge < -0.3 is 14.8 Å². The van der Waals surface area contributed by atoms with Crippen LogP contribution in [0.3, 0.4) is 0 Å². The average molecular weight is 411 g/mol. The van der Waals surface area contributed by atoms with Crippen LogP contribution in [-0.4, -0.2) is 43.2 Å². The Bertz CT molecular complexity index is 804. The second kappa shape index (κ2) is 11.0. The summed E-state index contributed by atoms with van der Waals surface area (Å²) in [6.45, 7) is 10.3. The van der Waals surface area contributed by atoms with Gasteiger partial charge in [-0.25, -0.2) is 0 Å².